The predicted octanol–water partition coefficient (Wildman–Crippen LogP) is 17.6. The summed E-state index contributed by atoms with van der Waals surface area (Å²) >= 11 is 3.74. The summed E-state index contributed by atoms with van der Waals surface area (Å²) in [7, 11) is 0. The van der Waals surface area contributed by atoms with E-state index in [1.165, 1.54) is 96.0 Å². The number of nitrogens with zero attached hydrogens (tertiary/aromatic N) is 1. The Bertz CT molecular complexity index is 3690. The van der Waals surface area contributed by atoms with E-state index in [1.807, 2.05) is 22.7 Å². The van der Waals surface area contributed by atoms with Crippen LogP contribution in [0.4, 0.5) is 17.1 Å². The van der Waals surface area contributed by atoms with E-state index in [0.717, 1.165) is 17.1 Å². The van der Waals surface area contributed by atoms with Crippen molar-refractivity contribution in [3.63, 3.8) is 0 Å². The van der Waals surface area contributed by atoms with E-state index >= 15 is 0 Å². The summed E-state index contributed by atoms with van der Waals surface area (Å²) in [5.74, 6) is 0. The minimum absolute atomic E-state index is 0.453. The van der Waals surface area contributed by atoms with Gasteiger partial charge in [0.1, 0.15) is 0 Å². The van der Waals surface area contributed by atoms with Crippen LogP contribution in [0.1, 0.15) is 22.3 Å². The van der Waals surface area contributed by atoms with Crippen molar-refractivity contribution in [1.29, 1.82) is 0 Å². The summed E-state index contributed by atoms with van der Waals surface area (Å²) in [6.07, 6.45) is 0. The molecule has 1 nitrogen and oxygen atoms in total. The van der Waals surface area contributed by atoms with Gasteiger partial charge in [-0.2, -0.15) is 0 Å². The lowest BCUT2D eigenvalue weighted by molar-refractivity contribution is 0.768. The highest BCUT2D eigenvalue weighted by atomic mass is 32.1. The van der Waals surface area contributed by atoms with Crippen LogP contribution >= 0.6 is 22.7 Å². The molecule has 2 aromatic heterocycles. The third-order valence-corrected chi connectivity index (χ3v) is 15.7. The highest BCUT2D eigenvalue weighted by Gasteiger charge is 2.46. The molecule has 0 saturated carbocycles. The Kier molecular flexibility index (Phi) is 8.55. The van der Waals surface area contributed by atoms with E-state index in [0.29, 0.717) is 0 Å². The molecule has 0 saturated heterocycles. The molecule has 0 spiro atoms. The van der Waals surface area contributed by atoms with Crippen LogP contribution in [0.15, 0.2) is 237 Å². The standard InChI is InChI=1S/C61H39NS2/c1-3-17-43(18-4-1)61(44-19-5-2-6-20-44)55-26-10-7-21-49(55)53-38-46(33-35-56(53)61)62(47-34-36-59-54(39-47)51-23-9-11-27-57(51)63-59)45-31-29-40(30-32-45)41-15-13-16-42(37-41)48-24-14-25-52-50-22-8-12-28-58(50)64-60(48)52/h1-39H. The average Bonchev–Trinajstić information content (AvgIpc) is 4.03. The molecule has 0 atom stereocenters. The second-order valence-corrected chi connectivity index (χ2v) is 18.9. The molecule has 64 heavy (non-hydrogen) atoms. The molecule has 2 heterocycles. The van der Waals surface area contributed by atoms with Crippen LogP contribution in [-0.4, -0.2) is 0 Å². The van der Waals surface area contributed by atoms with Crippen LogP contribution in [-0.2, 0) is 5.41 Å². The fourth-order valence-electron chi connectivity index (χ4n) is 10.5. The molecule has 0 N–H and O–H groups in total. The van der Waals surface area contributed by atoms with Gasteiger partial charge in [-0.15, -0.1) is 22.7 Å². The van der Waals surface area contributed by atoms with E-state index < -0.39 is 5.41 Å². The number of hydrogen-bond acceptors (Lipinski definition) is 3. The molecule has 13 rings (SSSR count). The van der Waals surface area contributed by atoms with Gasteiger partial charge in [-0.25, -0.2) is 0 Å². The Morgan fingerprint density at radius 1 is 0.297 bits per heavy atom. The van der Waals surface area contributed by atoms with Crippen molar-refractivity contribution in [1.82, 2.24) is 0 Å². The molecule has 300 valence electrons. The van der Waals surface area contributed by atoms with Gasteiger partial charge in [0.15, 0.2) is 0 Å². The Morgan fingerprint density at radius 3 is 1.62 bits per heavy atom. The minimum Gasteiger partial charge on any atom is -0.310 e. The number of benzene rings is 10. The summed E-state index contributed by atoms with van der Waals surface area (Å²) in [6.45, 7) is 0. The quantitative estimate of drug-likeness (QED) is 0.154. The zero-order chi connectivity index (χ0) is 42.2. The van der Waals surface area contributed by atoms with Crippen LogP contribution in [0.25, 0.3) is 73.7 Å². The Morgan fingerprint density at radius 2 is 0.844 bits per heavy atom. The first kappa shape index (κ1) is 37.0. The van der Waals surface area contributed by atoms with Crippen LogP contribution < -0.4 is 4.90 Å². The normalized spacial score (nSPS) is 12.8. The average molecular weight is 850 g/mol. The van der Waals surface area contributed by atoms with Gasteiger partial charge < -0.3 is 4.90 Å². The summed E-state index contributed by atoms with van der Waals surface area (Å²) in [5.41, 5.74) is 15.5. The largest absolute Gasteiger partial charge is 0.310 e. The molecule has 0 aliphatic heterocycles. The van der Waals surface area contributed by atoms with Crippen LogP contribution in [0, 0.1) is 0 Å². The first-order valence-electron chi connectivity index (χ1n) is 21.9. The summed E-state index contributed by atoms with van der Waals surface area (Å²) in [5, 5.41) is 5.22. The third-order valence-electron chi connectivity index (χ3n) is 13.4. The molecule has 3 heteroatoms. The topological polar surface area (TPSA) is 3.24 Å². The number of rotatable bonds is 7. The monoisotopic (exact) mass is 849 g/mol. The molecule has 0 radical (unpaired) electrons. The van der Waals surface area contributed by atoms with Gasteiger partial charge in [-0.05, 0) is 116 Å². The molecule has 12 aromatic rings. The van der Waals surface area contributed by atoms with Crippen molar-refractivity contribution in [3.05, 3.63) is 259 Å². The second kappa shape index (κ2) is 14.8. The number of fused-ring (bicyclic) bond motifs is 9. The van der Waals surface area contributed by atoms with Crippen LogP contribution in [0.3, 0.4) is 0 Å². The molecular formula is C61H39NS2. The van der Waals surface area contributed by atoms with Gasteiger partial charge in [-0.3, -0.25) is 0 Å². The Labute approximate surface area is 380 Å². The van der Waals surface area contributed by atoms with Gasteiger partial charge >= 0.3 is 0 Å². The van der Waals surface area contributed by atoms with E-state index in [-0.39, 0.29) is 0 Å². The molecule has 1 aliphatic carbocycles. The maximum atomic E-state index is 2.45. The summed E-state index contributed by atoms with van der Waals surface area (Å²) in [4.78, 5) is 2.45. The molecular weight excluding hydrogens is 811 g/mol. The summed E-state index contributed by atoms with van der Waals surface area (Å²) < 4.78 is 5.27. The zero-order valence-electron chi connectivity index (χ0n) is 34.8. The van der Waals surface area contributed by atoms with E-state index in [2.05, 4.69) is 241 Å². The fourth-order valence-corrected chi connectivity index (χ4v) is 12.8. The highest BCUT2D eigenvalue weighted by molar-refractivity contribution is 7.26. The number of thiophene rings is 2. The maximum absolute atomic E-state index is 2.45. The number of hydrogen-bond donors (Lipinski definition) is 0. The van der Waals surface area contributed by atoms with Crippen LogP contribution in [0.5, 0.6) is 0 Å². The molecule has 0 amide bonds. The van der Waals surface area contributed by atoms with Crippen molar-refractivity contribution >= 4 is 80.1 Å². The first-order valence-corrected chi connectivity index (χ1v) is 23.5. The van der Waals surface area contributed by atoms with Crippen molar-refractivity contribution in [2.45, 2.75) is 5.41 Å². The molecule has 10 aromatic carbocycles. The Balaban J connectivity index is 0.964. The Hall–Kier alpha value is -7.56. The number of anilines is 3. The lowest BCUT2D eigenvalue weighted by Gasteiger charge is -2.34. The molecule has 0 fully saturated rings. The predicted molar refractivity (Wildman–Crippen MR) is 275 cm³/mol. The fraction of sp³-hybridized carbons (Fsp3) is 0.0164. The van der Waals surface area contributed by atoms with E-state index in [9.17, 15) is 0 Å². The van der Waals surface area contributed by atoms with Crippen molar-refractivity contribution in [2.24, 2.45) is 0 Å². The highest BCUT2D eigenvalue weighted by Crippen LogP contribution is 2.57. The van der Waals surface area contributed by atoms with Gasteiger partial charge in [0.2, 0.25) is 0 Å². The van der Waals surface area contributed by atoms with Crippen molar-refractivity contribution in [2.75, 3.05) is 4.90 Å². The first-order chi connectivity index (χ1) is 31.7. The molecule has 0 bridgehead atoms. The zero-order valence-corrected chi connectivity index (χ0v) is 36.4. The summed E-state index contributed by atoms with van der Waals surface area (Å²) in [6, 6.07) is 87.7. The smallest absolute Gasteiger partial charge is 0.0713 e. The van der Waals surface area contributed by atoms with E-state index in [4.69, 9.17) is 0 Å². The van der Waals surface area contributed by atoms with Gasteiger partial charge in [0.05, 0.1) is 5.41 Å². The third kappa shape index (κ3) is 5.68. The van der Waals surface area contributed by atoms with Crippen molar-refractivity contribution < 1.29 is 0 Å². The van der Waals surface area contributed by atoms with Crippen LogP contribution in [0.2, 0.25) is 0 Å². The minimum atomic E-state index is -0.453. The lowest BCUT2D eigenvalue weighted by Crippen LogP contribution is -2.28. The maximum Gasteiger partial charge on any atom is 0.0713 e. The molecule has 0 unspecified atom stereocenters. The lowest BCUT2D eigenvalue weighted by atomic mass is 9.68. The van der Waals surface area contributed by atoms with Crippen molar-refractivity contribution in [3.8, 4) is 33.4 Å². The van der Waals surface area contributed by atoms with Gasteiger partial charge in [-0.1, -0.05) is 176 Å². The van der Waals surface area contributed by atoms with Gasteiger partial charge in [0, 0.05) is 57.4 Å². The SMILES string of the molecule is c1ccc(C2(c3ccccc3)c3ccccc3-c3cc(N(c4ccc(-c5cccc(-c6cccc7c6sc6ccccc67)c5)cc4)c4ccc5sc6ccccc6c5c4)ccc32)cc1. The van der Waals surface area contributed by atoms with E-state index in [1.54, 1.807) is 0 Å². The van der Waals surface area contributed by atoms with Gasteiger partial charge in [0.25, 0.3) is 0 Å². The molecule has 1 aliphatic rings. The second-order valence-electron chi connectivity index (χ2n) is 16.8.